The molecule has 0 saturated carbocycles. The highest BCUT2D eigenvalue weighted by molar-refractivity contribution is 5.92. The molecule has 0 saturated heterocycles. The second kappa shape index (κ2) is 20.2. The average Bonchev–Trinajstić information content (AvgIpc) is 3.11. The Balaban J connectivity index is 1.81. The Bertz CT molecular complexity index is 1520. The normalized spacial score (nSPS) is 14.9. The van der Waals surface area contributed by atoms with Gasteiger partial charge in [-0.1, -0.05) is 111 Å². The molecular weight excluding hydrogens is 648 g/mol. The number of carbonyl (C=O) groups is 4. The van der Waals surface area contributed by atoms with Crippen LogP contribution < -0.4 is 21.3 Å². The van der Waals surface area contributed by atoms with Crippen molar-refractivity contribution < 1.29 is 33.8 Å². The molecule has 5 N–H and O–H groups in total. The van der Waals surface area contributed by atoms with E-state index in [0.29, 0.717) is 12.8 Å². The SMILES string of the molecule is CC[C@H](C)[C@H](NC(=O)[C@H](Cc1ccccc1)NC[C@H](O)[C@H](Cc1ccccc1)NC(=O)OC(C)(C)C)C(=O)N[C@@H](Cc1ccccc1)C(=O)OC. The molecule has 3 rings (SSSR count). The second-order valence-electron chi connectivity index (χ2n) is 13.8. The molecule has 0 fully saturated rings. The number of aliphatic hydroxyl groups excluding tert-OH is 1. The van der Waals surface area contributed by atoms with Crippen LogP contribution in [0.25, 0.3) is 0 Å². The third-order valence-corrected chi connectivity index (χ3v) is 8.52. The fraction of sp³-hybridized carbons (Fsp3) is 0.450. The van der Waals surface area contributed by atoms with E-state index < -0.39 is 59.7 Å². The fourth-order valence-electron chi connectivity index (χ4n) is 5.53. The van der Waals surface area contributed by atoms with Gasteiger partial charge in [0.25, 0.3) is 0 Å². The van der Waals surface area contributed by atoms with Crippen molar-refractivity contribution in [1.29, 1.82) is 0 Å². The summed E-state index contributed by atoms with van der Waals surface area (Å²) in [6.45, 7) is 8.99. The molecule has 276 valence electrons. The van der Waals surface area contributed by atoms with Gasteiger partial charge in [0.05, 0.1) is 25.3 Å². The third kappa shape index (κ3) is 14.2. The molecule has 3 aromatic carbocycles. The van der Waals surface area contributed by atoms with Crippen LogP contribution in [0.15, 0.2) is 91.0 Å². The number of rotatable bonds is 18. The van der Waals surface area contributed by atoms with Crippen molar-refractivity contribution in [1.82, 2.24) is 21.3 Å². The summed E-state index contributed by atoms with van der Waals surface area (Å²) in [6, 6.07) is 24.6. The van der Waals surface area contributed by atoms with Gasteiger partial charge in [-0.3, -0.25) is 9.59 Å². The van der Waals surface area contributed by atoms with Crippen LogP contribution in [0.5, 0.6) is 0 Å². The summed E-state index contributed by atoms with van der Waals surface area (Å²) in [5.41, 5.74) is 1.87. The lowest BCUT2D eigenvalue weighted by molar-refractivity contribution is -0.145. The summed E-state index contributed by atoms with van der Waals surface area (Å²) in [6.07, 6.45) is -0.405. The van der Waals surface area contributed by atoms with Gasteiger partial charge in [0.1, 0.15) is 17.7 Å². The van der Waals surface area contributed by atoms with Gasteiger partial charge in [-0.05, 0) is 56.2 Å². The molecule has 6 atom stereocenters. The van der Waals surface area contributed by atoms with Crippen molar-refractivity contribution >= 4 is 23.9 Å². The highest BCUT2D eigenvalue weighted by atomic mass is 16.6. The van der Waals surface area contributed by atoms with E-state index in [4.69, 9.17) is 9.47 Å². The van der Waals surface area contributed by atoms with Crippen LogP contribution in [0.3, 0.4) is 0 Å². The molecule has 0 aliphatic heterocycles. The predicted octanol–water partition coefficient (Wildman–Crippen LogP) is 4.12. The Hall–Kier alpha value is -4.74. The Labute approximate surface area is 301 Å². The zero-order valence-electron chi connectivity index (χ0n) is 30.6. The fourth-order valence-corrected chi connectivity index (χ4v) is 5.53. The van der Waals surface area contributed by atoms with Crippen LogP contribution in [-0.2, 0) is 43.1 Å². The van der Waals surface area contributed by atoms with Gasteiger partial charge in [0, 0.05) is 13.0 Å². The topological polar surface area (TPSA) is 155 Å². The van der Waals surface area contributed by atoms with E-state index in [1.165, 1.54) is 7.11 Å². The molecule has 0 heterocycles. The summed E-state index contributed by atoms with van der Waals surface area (Å²) in [5.74, 6) is -1.83. The van der Waals surface area contributed by atoms with Gasteiger partial charge >= 0.3 is 12.1 Å². The Morgan fingerprint density at radius 3 is 1.67 bits per heavy atom. The van der Waals surface area contributed by atoms with Gasteiger partial charge in [-0.15, -0.1) is 0 Å². The minimum atomic E-state index is -1.11. The maximum absolute atomic E-state index is 14.0. The molecule has 0 unspecified atom stereocenters. The zero-order chi connectivity index (χ0) is 37.4. The molecule has 51 heavy (non-hydrogen) atoms. The quantitative estimate of drug-likeness (QED) is 0.124. The Morgan fingerprint density at radius 1 is 0.706 bits per heavy atom. The summed E-state index contributed by atoms with van der Waals surface area (Å²) in [5, 5.41) is 23.2. The summed E-state index contributed by atoms with van der Waals surface area (Å²) in [4.78, 5) is 53.3. The molecule has 0 bridgehead atoms. The van der Waals surface area contributed by atoms with Crippen LogP contribution in [-0.4, -0.2) is 78.5 Å². The summed E-state index contributed by atoms with van der Waals surface area (Å²) >= 11 is 0. The van der Waals surface area contributed by atoms with E-state index in [1.807, 2.05) is 105 Å². The number of alkyl carbamates (subject to hydrolysis) is 1. The lowest BCUT2D eigenvalue weighted by Crippen LogP contribution is -2.59. The van der Waals surface area contributed by atoms with Gasteiger partial charge in [0.15, 0.2) is 0 Å². The van der Waals surface area contributed by atoms with E-state index in [2.05, 4.69) is 21.3 Å². The van der Waals surface area contributed by atoms with Crippen LogP contribution in [0.4, 0.5) is 4.79 Å². The van der Waals surface area contributed by atoms with Crippen LogP contribution in [0.2, 0.25) is 0 Å². The Morgan fingerprint density at radius 2 is 1.20 bits per heavy atom. The zero-order valence-corrected chi connectivity index (χ0v) is 30.6. The minimum Gasteiger partial charge on any atom is -0.467 e. The van der Waals surface area contributed by atoms with E-state index in [0.717, 1.165) is 16.7 Å². The lowest BCUT2D eigenvalue weighted by atomic mass is 9.96. The van der Waals surface area contributed by atoms with E-state index in [1.54, 1.807) is 20.8 Å². The first kappa shape index (κ1) is 40.7. The number of ether oxygens (including phenoxy) is 2. The maximum atomic E-state index is 14.0. The predicted molar refractivity (Wildman–Crippen MR) is 197 cm³/mol. The van der Waals surface area contributed by atoms with Crippen molar-refractivity contribution in [3.63, 3.8) is 0 Å². The van der Waals surface area contributed by atoms with Crippen molar-refractivity contribution in [3.8, 4) is 0 Å². The minimum absolute atomic E-state index is 0.0557. The van der Waals surface area contributed by atoms with Gasteiger partial charge < -0.3 is 35.8 Å². The lowest BCUT2D eigenvalue weighted by Gasteiger charge is -2.30. The molecule has 0 radical (unpaired) electrons. The van der Waals surface area contributed by atoms with Crippen LogP contribution in [0, 0.1) is 5.92 Å². The van der Waals surface area contributed by atoms with Crippen molar-refractivity contribution in [2.45, 2.75) is 96.2 Å². The molecule has 3 amide bonds. The first-order valence-electron chi connectivity index (χ1n) is 17.5. The third-order valence-electron chi connectivity index (χ3n) is 8.52. The number of hydrogen-bond donors (Lipinski definition) is 5. The number of methoxy groups -OCH3 is 1. The highest BCUT2D eigenvalue weighted by Crippen LogP contribution is 2.14. The second-order valence-corrected chi connectivity index (χ2v) is 13.8. The smallest absolute Gasteiger partial charge is 0.407 e. The van der Waals surface area contributed by atoms with E-state index >= 15 is 0 Å². The largest absolute Gasteiger partial charge is 0.467 e. The highest BCUT2D eigenvalue weighted by Gasteiger charge is 2.33. The molecule has 0 spiro atoms. The number of benzene rings is 3. The van der Waals surface area contributed by atoms with E-state index in [-0.39, 0.29) is 25.3 Å². The van der Waals surface area contributed by atoms with Crippen LogP contribution in [0.1, 0.15) is 57.7 Å². The number of aliphatic hydroxyl groups is 1. The van der Waals surface area contributed by atoms with Crippen molar-refractivity contribution in [2.24, 2.45) is 5.92 Å². The standard InChI is InChI=1S/C40H54N4O7/c1-7-27(2)35(37(47)42-33(38(48)50-6)25-30-21-15-10-16-22-30)44-36(46)32(24-29-19-13-9-14-20-29)41-26-34(45)31(23-28-17-11-8-12-18-28)43-39(49)51-40(3,4)5/h8-22,27,31-35,41,45H,7,23-26H2,1-6H3,(H,42,47)(H,43,49)(H,44,46)/t27-,31-,32-,33-,34-,35-/m0/s1. The van der Waals surface area contributed by atoms with Crippen molar-refractivity contribution in [2.75, 3.05) is 13.7 Å². The molecule has 0 aliphatic rings. The number of hydrogen-bond acceptors (Lipinski definition) is 8. The molecule has 0 aliphatic carbocycles. The van der Waals surface area contributed by atoms with Gasteiger partial charge in [-0.25, -0.2) is 9.59 Å². The molecule has 11 heteroatoms. The number of esters is 1. The summed E-state index contributed by atoms with van der Waals surface area (Å²) in [7, 11) is 1.27. The van der Waals surface area contributed by atoms with E-state index in [9.17, 15) is 24.3 Å². The maximum Gasteiger partial charge on any atom is 0.407 e. The summed E-state index contributed by atoms with van der Waals surface area (Å²) < 4.78 is 10.5. The average molecular weight is 703 g/mol. The number of carbonyl (C=O) groups excluding carboxylic acids is 4. The van der Waals surface area contributed by atoms with Crippen LogP contribution >= 0.6 is 0 Å². The molecular formula is C40H54N4O7. The first-order valence-corrected chi connectivity index (χ1v) is 17.5. The monoisotopic (exact) mass is 702 g/mol. The van der Waals surface area contributed by atoms with Crippen molar-refractivity contribution in [3.05, 3.63) is 108 Å². The Kier molecular flexibility index (Phi) is 16.1. The van der Waals surface area contributed by atoms with Gasteiger partial charge in [0.2, 0.25) is 11.8 Å². The number of amides is 3. The number of nitrogens with one attached hydrogen (secondary N) is 4. The molecule has 3 aromatic rings. The molecule has 11 nitrogen and oxygen atoms in total. The van der Waals surface area contributed by atoms with Gasteiger partial charge in [-0.2, -0.15) is 0 Å². The molecule has 0 aromatic heterocycles. The first-order chi connectivity index (χ1) is 24.3.